The monoisotopic (exact) mass is 887 g/mol. The van der Waals surface area contributed by atoms with Gasteiger partial charge < -0.3 is 98.9 Å². The first-order valence-electron chi connectivity index (χ1n) is 19.2. The summed E-state index contributed by atoms with van der Waals surface area (Å²) >= 11 is 0. The van der Waals surface area contributed by atoms with Crippen LogP contribution < -0.4 is 15.3 Å². The lowest BCUT2D eigenvalue weighted by atomic mass is 9.97. The molecule has 2 aromatic carbocycles. The Morgan fingerprint density at radius 3 is 2.14 bits per heavy atom. The molecule has 0 amide bonds. The van der Waals surface area contributed by atoms with Gasteiger partial charge >= 0.3 is 5.97 Å². The molecule has 0 aromatic heterocycles. The second-order valence-corrected chi connectivity index (χ2v) is 14.9. The number of aliphatic hydroxyl groups excluding tert-OH is 8. The Labute approximate surface area is 355 Å². The Morgan fingerprint density at radius 2 is 1.41 bits per heavy atom. The van der Waals surface area contributed by atoms with E-state index in [1.165, 1.54) is 42.5 Å². The Kier molecular flexibility index (Phi) is 13.8. The van der Waals surface area contributed by atoms with Gasteiger partial charge in [-0.05, 0) is 35.9 Å². The minimum Gasteiger partial charge on any atom is -0.870 e. The molecule has 0 unspecified atom stereocenters. The van der Waals surface area contributed by atoms with Crippen LogP contribution in [0.2, 0.25) is 0 Å². The van der Waals surface area contributed by atoms with Gasteiger partial charge in [-0.2, -0.15) is 0 Å². The first kappa shape index (κ1) is 45.6. The van der Waals surface area contributed by atoms with Crippen molar-refractivity contribution in [1.29, 1.82) is 0 Å². The van der Waals surface area contributed by atoms with Gasteiger partial charge in [0.15, 0.2) is 35.6 Å². The predicted octanol–water partition coefficient (Wildman–Crippen LogP) is -2.67. The van der Waals surface area contributed by atoms with E-state index in [1.807, 2.05) is 0 Å². The van der Waals surface area contributed by atoms with Crippen molar-refractivity contribution < 1.29 is 104 Å². The number of benzene rings is 3. The van der Waals surface area contributed by atoms with Crippen molar-refractivity contribution in [1.82, 2.24) is 0 Å². The molecule has 22 nitrogen and oxygen atoms in total. The molecule has 0 bridgehead atoms. The molecule has 3 fully saturated rings. The number of phenols is 3. The van der Waals surface area contributed by atoms with Gasteiger partial charge in [0.1, 0.15) is 90.7 Å². The molecule has 7 rings (SSSR count). The lowest BCUT2D eigenvalue weighted by Gasteiger charge is -2.45. The molecule has 0 spiro atoms. The van der Waals surface area contributed by atoms with E-state index in [0.29, 0.717) is 5.56 Å². The van der Waals surface area contributed by atoms with E-state index in [0.717, 1.165) is 30.3 Å². The SMILES string of the molecule is O=C(/C=C/c1ccc(O)cc1)OC[C@H]1O[C@@H](OC[C@H]2O[C@H](Oc3cc4c(O)cc(=O)cc-4oc3-c3ccc([O-])c(O)c3)[C@H](O[C@@H]3OC[C@@H](O)[C@H](O)[C@H]3O)[C@@H](O)[C@@H]2O)[C@H](O)[C@@H](O)[C@@H]1O. The van der Waals surface area contributed by atoms with Gasteiger partial charge in [0, 0.05) is 23.8 Å². The molecule has 340 valence electrons. The Morgan fingerprint density at radius 1 is 0.730 bits per heavy atom. The number of fused-ring (bicyclic) bond motifs is 1. The molecule has 0 saturated carbocycles. The Balaban J connectivity index is 1.13. The van der Waals surface area contributed by atoms with Gasteiger partial charge in [-0.3, -0.25) is 4.79 Å². The number of esters is 1. The summed E-state index contributed by atoms with van der Waals surface area (Å²) in [6.07, 6.45) is -22.8. The van der Waals surface area contributed by atoms with E-state index in [4.69, 9.17) is 37.6 Å². The van der Waals surface area contributed by atoms with Gasteiger partial charge in [-0.1, -0.05) is 30.0 Å². The van der Waals surface area contributed by atoms with Crippen molar-refractivity contribution in [3.8, 4) is 51.4 Å². The standard InChI is InChI=1S/C41H44O22/c42-18-5-1-16(2-6-18)3-8-29(48)56-14-27-31(50)33(52)36(55)39(61-27)58-15-28-32(51)34(53)38(63-40-35(54)30(49)24(47)13-57-40)41(62-28)60-26-12-20-22(45)10-19(43)11-25(20)59-37(26)17-4-7-21(44)23(46)9-17/h1-12,24,27-28,30-36,38-42,44-47,49-55H,13-15H2/p-1/b8-3+/t24-,27-,28-,30+,31-,32-,33+,34+,35-,36-,38-,39-,40+,41+/m1/s1. The number of rotatable bonds is 12. The fraction of sp³-hybridized carbons (Fsp3) is 0.415. The smallest absolute Gasteiger partial charge is 0.330 e. The van der Waals surface area contributed by atoms with E-state index in [1.54, 1.807) is 0 Å². The fourth-order valence-corrected chi connectivity index (χ4v) is 6.93. The van der Waals surface area contributed by atoms with Crippen LogP contribution in [0.15, 0.2) is 76.0 Å². The Bertz CT molecular complexity index is 2260. The number of phenolic OH excluding ortho intramolecular Hbond substituents is 3. The van der Waals surface area contributed by atoms with Crippen LogP contribution in [0.1, 0.15) is 5.56 Å². The van der Waals surface area contributed by atoms with Crippen LogP contribution in [0.25, 0.3) is 28.7 Å². The minimum atomic E-state index is -2.04. The quantitative estimate of drug-likeness (QED) is 0.0510. The second-order valence-electron chi connectivity index (χ2n) is 14.9. The summed E-state index contributed by atoms with van der Waals surface area (Å²) in [5.41, 5.74) is -0.195. The number of aliphatic hydroxyl groups is 8. The van der Waals surface area contributed by atoms with E-state index in [9.17, 15) is 70.9 Å². The lowest BCUT2D eigenvalue weighted by Crippen LogP contribution is -2.64. The summed E-state index contributed by atoms with van der Waals surface area (Å²) in [4.78, 5) is 24.7. The first-order valence-corrected chi connectivity index (χ1v) is 19.2. The number of carbonyl (C=O) groups is 1. The van der Waals surface area contributed by atoms with Gasteiger partial charge in [0.05, 0.1) is 18.8 Å². The van der Waals surface area contributed by atoms with Crippen molar-refractivity contribution in [3.63, 3.8) is 0 Å². The van der Waals surface area contributed by atoms with Crippen LogP contribution in [-0.4, -0.2) is 168 Å². The molecule has 14 atom stereocenters. The van der Waals surface area contributed by atoms with Crippen LogP contribution in [0.4, 0.5) is 0 Å². The molecule has 4 aliphatic heterocycles. The molecule has 0 radical (unpaired) electrons. The molecule has 4 heterocycles. The zero-order valence-corrected chi connectivity index (χ0v) is 32.5. The number of ether oxygens (including phenoxy) is 7. The molecule has 11 N–H and O–H groups in total. The highest BCUT2D eigenvalue weighted by Crippen LogP contribution is 2.43. The minimum absolute atomic E-state index is 0.00513. The maximum absolute atomic E-state index is 12.4. The maximum Gasteiger partial charge on any atom is 0.330 e. The van der Waals surface area contributed by atoms with Crippen molar-refractivity contribution >= 4 is 12.0 Å². The summed E-state index contributed by atoms with van der Waals surface area (Å²) in [6, 6.07) is 12.2. The number of hydrogen-bond donors (Lipinski definition) is 11. The highest BCUT2D eigenvalue weighted by Gasteiger charge is 2.51. The highest BCUT2D eigenvalue weighted by molar-refractivity contribution is 5.87. The zero-order chi connectivity index (χ0) is 45.3. The first-order chi connectivity index (χ1) is 30.0. The molecule has 1 aliphatic carbocycles. The van der Waals surface area contributed by atoms with Crippen LogP contribution in [0.3, 0.4) is 0 Å². The Hall–Kier alpha value is -5.44. The van der Waals surface area contributed by atoms with Gasteiger partial charge in [-0.15, -0.1) is 0 Å². The summed E-state index contributed by atoms with van der Waals surface area (Å²) in [7, 11) is 0. The fourth-order valence-electron chi connectivity index (χ4n) is 6.93. The average molecular weight is 888 g/mol. The molecule has 63 heavy (non-hydrogen) atoms. The number of carbonyl (C=O) groups excluding carboxylic acids is 1. The predicted molar refractivity (Wildman–Crippen MR) is 204 cm³/mol. The van der Waals surface area contributed by atoms with E-state index >= 15 is 0 Å². The van der Waals surface area contributed by atoms with E-state index in [2.05, 4.69) is 0 Å². The van der Waals surface area contributed by atoms with E-state index < -0.39 is 134 Å². The van der Waals surface area contributed by atoms with Crippen LogP contribution in [0.5, 0.6) is 28.7 Å². The van der Waals surface area contributed by atoms with Gasteiger partial charge in [0.2, 0.25) is 6.29 Å². The molecular formula is C41H43O22-. The third-order valence-corrected chi connectivity index (χ3v) is 10.4. The summed E-state index contributed by atoms with van der Waals surface area (Å²) in [5, 5.41) is 128. The van der Waals surface area contributed by atoms with E-state index in [-0.39, 0.29) is 34.1 Å². The van der Waals surface area contributed by atoms with Crippen LogP contribution in [0, 0.1) is 0 Å². The largest absolute Gasteiger partial charge is 0.870 e. The zero-order valence-electron chi connectivity index (χ0n) is 32.5. The summed E-state index contributed by atoms with van der Waals surface area (Å²) in [5.74, 6) is -3.69. The normalized spacial score (nSPS) is 32.4. The summed E-state index contributed by atoms with van der Waals surface area (Å²) in [6.45, 7) is -1.95. The van der Waals surface area contributed by atoms with Crippen LogP contribution >= 0.6 is 0 Å². The third-order valence-electron chi connectivity index (χ3n) is 10.4. The van der Waals surface area contributed by atoms with Crippen LogP contribution in [-0.2, 0) is 33.2 Å². The topological polar surface area (TPSA) is 357 Å². The second kappa shape index (κ2) is 19.1. The van der Waals surface area contributed by atoms with Gasteiger partial charge in [0.25, 0.3) is 0 Å². The van der Waals surface area contributed by atoms with Crippen molar-refractivity contribution in [2.75, 3.05) is 19.8 Å². The highest BCUT2D eigenvalue weighted by atomic mass is 16.8. The molecule has 22 heteroatoms. The third kappa shape index (κ3) is 10.0. The molecular weight excluding hydrogens is 844 g/mol. The summed E-state index contributed by atoms with van der Waals surface area (Å²) < 4.78 is 45.7. The van der Waals surface area contributed by atoms with Crippen molar-refractivity contribution in [2.24, 2.45) is 0 Å². The van der Waals surface area contributed by atoms with Crippen molar-refractivity contribution in [3.05, 3.63) is 82.5 Å². The molecule has 5 aliphatic rings. The number of aromatic hydroxyl groups is 3. The lowest BCUT2D eigenvalue weighted by molar-refractivity contribution is -0.353. The number of hydrogen-bond acceptors (Lipinski definition) is 22. The molecule has 3 saturated heterocycles. The van der Waals surface area contributed by atoms with Gasteiger partial charge in [-0.25, -0.2) is 4.79 Å². The van der Waals surface area contributed by atoms with Crippen molar-refractivity contribution in [2.45, 2.75) is 86.0 Å². The average Bonchev–Trinajstić information content (AvgIpc) is 3.25. The maximum atomic E-state index is 12.4. The molecule has 2 aromatic rings.